The van der Waals surface area contributed by atoms with Crippen LogP contribution in [-0.2, 0) is 0 Å². The van der Waals surface area contributed by atoms with Gasteiger partial charge in [0.1, 0.15) is 0 Å². The van der Waals surface area contributed by atoms with Crippen LogP contribution in [0.1, 0.15) is 18.1 Å². The first kappa shape index (κ1) is 12.6. The molecule has 1 nitrogen and oxygen atoms in total. The fraction of sp³-hybridized carbons (Fsp3) is 0.333. The van der Waals surface area contributed by atoms with Crippen molar-refractivity contribution in [2.75, 3.05) is 0 Å². The summed E-state index contributed by atoms with van der Waals surface area (Å²) in [7, 11) is 0. The number of hydrogen-bond acceptors (Lipinski definition) is 1. The van der Waals surface area contributed by atoms with Crippen molar-refractivity contribution in [2.24, 2.45) is 0 Å². The number of aliphatic hydroxyl groups excluding tert-OH is 1. The van der Waals surface area contributed by atoms with E-state index < -0.39 is 18.7 Å². The fourth-order valence-electron chi connectivity index (χ4n) is 1.10. The van der Waals surface area contributed by atoms with E-state index in [-0.39, 0.29) is 10.6 Å². The van der Waals surface area contributed by atoms with Gasteiger partial charge in [-0.05, 0) is 17.7 Å². The van der Waals surface area contributed by atoms with Crippen molar-refractivity contribution >= 4 is 23.2 Å². The zero-order valence-electron chi connectivity index (χ0n) is 7.35. The minimum absolute atomic E-state index is 0.0263. The number of halogens is 5. The van der Waals surface area contributed by atoms with Gasteiger partial charge in [-0.2, -0.15) is 13.2 Å². The molecular formula is C9H7Cl2F3O. The van der Waals surface area contributed by atoms with E-state index in [9.17, 15) is 18.3 Å². The molecule has 0 aliphatic rings. The summed E-state index contributed by atoms with van der Waals surface area (Å²) in [6, 6.07) is 3.95. The lowest BCUT2D eigenvalue weighted by Crippen LogP contribution is -2.13. The van der Waals surface area contributed by atoms with Crippen LogP contribution in [0, 0.1) is 0 Å². The molecule has 6 heteroatoms. The molecule has 0 spiro atoms. The van der Waals surface area contributed by atoms with Crippen LogP contribution in [-0.4, -0.2) is 11.3 Å². The van der Waals surface area contributed by atoms with Crippen molar-refractivity contribution < 1.29 is 18.3 Å². The van der Waals surface area contributed by atoms with E-state index in [2.05, 4.69) is 0 Å². The molecule has 0 bridgehead atoms. The van der Waals surface area contributed by atoms with Crippen molar-refractivity contribution in [2.45, 2.75) is 18.7 Å². The summed E-state index contributed by atoms with van der Waals surface area (Å²) in [5.74, 6) is 0. The SMILES string of the molecule is OC(CC(F)(F)F)c1ccc(Cl)cc1Cl. The number of aliphatic hydroxyl groups is 1. The van der Waals surface area contributed by atoms with Crippen molar-refractivity contribution in [1.82, 2.24) is 0 Å². The predicted octanol–water partition coefficient (Wildman–Crippen LogP) is 3.98. The lowest BCUT2D eigenvalue weighted by atomic mass is 10.1. The number of rotatable bonds is 2. The third kappa shape index (κ3) is 3.89. The molecule has 0 radical (unpaired) electrons. The quantitative estimate of drug-likeness (QED) is 0.851. The van der Waals surface area contributed by atoms with Crippen LogP contribution in [0.15, 0.2) is 18.2 Å². The minimum Gasteiger partial charge on any atom is -0.388 e. The average Bonchev–Trinajstić information content (AvgIpc) is 1.99. The molecule has 1 N–H and O–H groups in total. The monoisotopic (exact) mass is 258 g/mol. The summed E-state index contributed by atoms with van der Waals surface area (Å²) < 4.78 is 35.9. The second-order valence-electron chi connectivity index (χ2n) is 3.00. The molecule has 0 saturated heterocycles. The molecule has 1 unspecified atom stereocenters. The minimum atomic E-state index is -4.43. The number of alkyl halides is 3. The smallest absolute Gasteiger partial charge is 0.388 e. The van der Waals surface area contributed by atoms with Crippen LogP contribution < -0.4 is 0 Å². The first-order valence-electron chi connectivity index (χ1n) is 3.99. The Labute approximate surface area is 94.4 Å². The molecule has 0 saturated carbocycles. The maximum Gasteiger partial charge on any atom is 0.391 e. The molecule has 1 aromatic rings. The Kier molecular flexibility index (Phi) is 3.87. The number of benzene rings is 1. The van der Waals surface area contributed by atoms with E-state index in [1.54, 1.807) is 0 Å². The van der Waals surface area contributed by atoms with Gasteiger partial charge in [0.05, 0.1) is 12.5 Å². The largest absolute Gasteiger partial charge is 0.391 e. The van der Waals surface area contributed by atoms with Crippen molar-refractivity contribution in [3.8, 4) is 0 Å². The highest BCUT2D eigenvalue weighted by molar-refractivity contribution is 6.35. The van der Waals surface area contributed by atoms with E-state index in [0.717, 1.165) is 0 Å². The van der Waals surface area contributed by atoms with Crippen molar-refractivity contribution in [3.63, 3.8) is 0 Å². The van der Waals surface area contributed by atoms with E-state index in [1.807, 2.05) is 0 Å². The van der Waals surface area contributed by atoms with Gasteiger partial charge in [-0.15, -0.1) is 0 Å². The van der Waals surface area contributed by atoms with Crippen molar-refractivity contribution in [3.05, 3.63) is 33.8 Å². The normalized spacial score (nSPS) is 14.0. The highest BCUT2D eigenvalue weighted by Crippen LogP contribution is 2.33. The zero-order chi connectivity index (χ0) is 11.6. The summed E-state index contributed by atoms with van der Waals surface area (Å²) in [6.45, 7) is 0. The Morgan fingerprint density at radius 2 is 1.87 bits per heavy atom. The van der Waals surface area contributed by atoms with Gasteiger partial charge in [0.2, 0.25) is 0 Å². The summed E-state index contributed by atoms with van der Waals surface area (Å²) >= 11 is 11.2. The lowest BCUT2D eigenvalue weighted by molar-refractivity contribution is -0.154. The lowest BCUT2D eigenvalue weighted by Gasteiger charge is -2.14. The van der Waals surface area contributed by atoms with E-state index in [0.29, 0.717) is 5.02 Å². The summed E-state index contributed by atoms with van der Waals surface area (Å²) in [4.78, 5) is 0. The Balaban J connectivity index is 2.87. The third-order valence-electron chi connectivity index (χ3n) is 1.75. The first-order valence-corrected chi connectivity index (χ1v) is 4.75. The van der Waals surface area contributed by atoms with Crippen molar-refractivity contribution in [1.29, 1.82) is 0 Å². The molecule has 84 valence electrons. The van der Waals surface area contributed by atoms with E-state index in [4.69, 9.17) is 23.2 Å². The molecule has 15 heavy (non-hydrogen) atoms. The molecule has 0 aliphatic heterocycles. The summed E-state index contributed by atoms with van der Waals surface area (Å²) in [6.07, 6.45) is -7.41. The van der Waals surface area contributed by atoms with E-state index >= 15 is 0 Å². The maximum atomic E-state index is 12.0. The Morgan fingerprint density at radius 1 is 1.27 bits per heavy atom. The van der Waals surface area contributed by atoms with Gasteiger partial charge in [-0.3, -0.25) is 0 Å². The predicted molar refractivity (Wildman–Crippen MR) is 52.1 cm³/mol. The molecule has 1 aromatic carbocycles. The van der Waals surface area contributed by atoms with Gasteiger partial charge in [0, 0.05) is 10.0 Å². The Bertz CT molecular complexity index is 352. The molecule has 0 aromatic heterocycles. The van der Waals surface area contributed by atoms with Crippen LogP contribution in [0.5, 0.6) is 0 Å². The number of hydrogen-bond donors (Lipinski definition) is 1. The fourth-order valence-corrected chi connectivity index (χ4v) is 1.64. The van der Waals surface area contributed by atoms with Gasteiger partial charge < -0.3 is 5.11 Å². The van der Waals surface area contributed by atoms with E-state index in [1.165, 1.54) is 18.2 Å². The van der Waals surface area contributed by atoms with Crippen LogP contribution in [0.2, 0.25) is 10.0 Å². The molecule has 1 rings (SSSR count). The standard InChI is InChI=1S/C9H7Cl2F3O/c10-5-1-2-6(7(11)3-5)8(15)4-9(12,13)14/h1-3,8,15H,4H2. The summed E-state index contributed by atoms with van der Waals surface area (Å²) in [5, 5.41) is 9.62. The summed E-state index contributed by atoms with van der Waals surface area (Å²) in [5.41, 5.74) is 0.0263. The topological polar surface area (TPSA) is 20.2 Å². The first-order chi connectivity index (χ1) is 6.79. The van der Waals surface area contributed by atoms with Crippen LogP contribution >= 0.6 is 23.2 Å². The molecule has 0 amide bonds. The van der Waals surface area contributed by atoms with Gasteiger partial charge in [0.15, 0.2) is 0 Å². The Morgan fingerprint density at radius 3 is 2.33 bits per heavy atom. The van der Waals surface area contributed by atoms with Gasteiger partial charge in [0.25, 0.3) is 0 Å². The van der Waals surface area contributed by atoms with Gasteiger partial charge in [-0.25, -0.2) is 0 Å². The second-order valence-corrected chi connectivity index (χ2v) is 3.84. The second kappa shape index (κ2) is 4.60. The average molecular weight is 259 g/mol. The molecule has 0 aliphatic carbocycles. The van der Waals surface area contributed by atoms with Gasteiger partial charge >= 0.3 is 6.18 Å². The van der Waals surface area contributed by atoms with Crippen LogP contribution in [0.4, 0.5) is 13.2 Å². The Hall–Kier alpha value is -0.450. The zero-order valence-corrected chi connectivity index (χ0v) is 8.87. The highest BCUT2D eigenvalue weighted by atomic mass is 35.5. The molecule has 0 fully saturated rings. The molecular weight excluding hydrogens is 252 g/mol. The molecule has 1 atom stereocenters. The maximum absolute atomic E-state index is 12.0. The van der Waals surface area contributed by atoms with Crippen LogP contribution in [0.25, 0.3) is 0 Å². The van der Waals surface area contributed by atoms with Gasteiger partial charge in [-0.1, -0.05) is 29.3 Å². The third-order valence-corrected chi connectivity index (χ3v) is 2.31. The van der Waals surface area contributed by atoms with Crippen LogP contribution in [0.3, 0.4) is 0 Å². The molecule has 0 heterocycles. The highest BCUT2D eigenvalue weighted by Gasteiger charge is 2.32.